The van der Waals surface area contributed by atoms with E-state index in [9.17, 15) is 4.79 Å². The lowest BCUT2D eigenvalue weighted by atomic mass is 10.1. The molecule has 15 heavy (non-hydrogen) atoms. The first-order chi connectivity index (χ1) is 7.01. The van der Waals surface area contributed by atoms with Gasteiger partial charge in [-0.05, 0) is 24.6 Å². The van der Waals surface area contributed by atoms with Crippen molar-refractivity contribution in [2.75, 3.05) is 12.8 Å². The van der Waals surface area contributed by atoms with Gasteiger partial charge in [0.2, 0.25) is 0 Å². The Balaban J connectivity index is 0.000000336. The number of rotatable bonds is 0. The van der Waals surface area contributed by atoms with Gasteiger partial charge in [0.05, 0.1) is 12.7 Å². The van der Waals surface area contributed by atoms with Crippen molar-refractivity contribution >= 4 is 22.7 Å². The van der Waals surface area contributed by atoms with Crippen LogP contribution in [0.25, 0.3) is 0 Å². The van der Waals surface area contributed by atoms with E-state index in [1.165, 1.54) is 7.11 Å². The number of ether oxygens (including phenoxy) is 1. The van der Waals surface area contributed by atoms with Gasteiger partial charge >= 0.3 is 5.43 Å². The highest BCUT2D eigenvalue weighted by atomic mass is 35.5. The number of nitrogens with zero attached hydrogens (tertiary/aromatic N) is 1. The molecule has 0 bridgehead atoms. The maximum Gasteiger partial charge on any atom is 0.403 e. The number of benzene rings is 1. The number of methoxy groups -OCH3 is 1. The summed E-state index contributed by atoms with van der Waals surface area (Å²) in [5, 5.41) is 8.51. The molecule has 0 heterocycles. The summed E-state index contributed by atoms with van der Waals surface area (Å²) in [7, 11) is 1.22. The van der Waals surface area contributed by atoms with Crippen LogP contribution in [-0.2, 0) is 4.74 Å². The molecule has 0 aliphatic carbocycles. The molecule has 0 spiro atoms. The van der Waals surface area contributed by atoms with Crippen LogP contribution < -0.4 is 5.73 Å². The van der Waals surface area contributed by atoms with E-state index in [4.69, 9.17) is 11.0 Å². The zero-order valence-corrected chi connectivity index (χ0v) is 9.21. The van der Waals surface area contributed by atoms with Crippen molar-refractivity contribution in [2.24, 2.45) is 0 Å². The standard InChI is InChI=1S/C8H8N2.C2H3ClO2/c1-6-2-3-8(10)7(4-6)5-9;1-5-2(3)4/h2-4H,10H2,1H3;1H3. The Labute approximate surface area is 93.2 Å². The molecule has 0 saturated heterocycles. The molecule has 0 aliphatic heterocycles. The largest absolute Gasteiger partial charge is 0.457 e. The minimum Gasteiger partial charge on any atom is -0.457 e. The van der Waals surface area contributed by atoms with E-state index in [0.29, 0.717) is 11.3 Å². The minimum absolute atomic E-state index is 0.549. The third kappa shape index (κ3) is 5.55. The van der Waals surface area contributed by atoms with E-state index in [2.05, 4.69) is 16.3 Å². The van der Waals surface area contributed by atoms with Gasteiger partial charge in [-0.2, -0.15) is 5.26 Å². The Morgan fingerprint density at radius 1 is 1.60 bits per heavy atom. The highest BCUT2D eigenvalue weighted by Gasteiger charge is 1.94. The van der Waals surface area contributed by atoms with Crippen LogP contribution in [0.1, 0.15) is 11.1 Å². The van der Waals surface area contributed by atoms with Crippen LogP contribution in [-0.4, -0.2) is 12.5 Å². The van der Waals surface area contributed by atoms with Crippen molar-refractivity contribution < 1.29 is 9.53 Å². The molecule has 4 nitrogen and oxygen atoms in total. The van der Waals surface area contributed by atoms with Crippen LogP contribution in [0.2, 0.25) is 0 Å². The molecule has 2 N–H and O–H groups in total. The Morgan fingerprint density at radius 2 is 2.13 bits per heavy atom. The normalized spacial score (nSPS) is 8.13. The molecule has 0 atom stereocenters. The number of hydrogen-bond acceptors (Lipinski definition) is 4. The summed E-state index contributed by atoms with van der Waals surface area (Å²) in [4.78, 5) is 9.36. The summed E-state index contributed by atoms with van der Waals surface area (Å²) in [5.74, 6) is 0. The van der Waals surface area contributed by atoms with Crippen molar-refractivity contribution in [1.29, 1.82) is 5.26 Å². The van der Waals surface area contributed by atoms with Gasteiger partial charge in [0, 0.05) is 17.3 Å². The van der Waals surface area contributed by atoms with Crippen LogP contribution in [0, 0.1) is 18.3 Å². The first kappa shape index (κ1) is 13.3. The summed E-state index contributed by atoms with van der Waals surface area (Å²) in [6.45, 7) is 1.93. The van der Waals surface area contributed by atoms with Gasteiger partial charge in [0.1, 0.15) is 6.07 Å². The van der Waals surface area contributed by atoms with Gasteiger partial charge in [-0.15, -0.1) is 0 Å². The number of hydrogen-bond donors (Lipinski definition) is 1. The SMILES string of the molecule is COC(=O)Cl.Cc1ccc(N)c(C#N)c1. The number of aryl methyl sites for hydroxylation is 1. The van der Waals surface area contributed by atoms with Crippen molar-refractivity contribution in [3.63, 3.8) is 0 Å². The molecule has 0 radical (unpaired) electrons. The van der Waals surface area contributed by atoms with Gasteiger partial charge in [-0.25, -0.2) is 4.79 Å². The van der Waals surface area contributed by atoms with Gasteiger partial charge in [0.15, 0.2) is 0 Å². The van der Waals surface area contributed by atoms with Crippen molar-refractivity contribution in [3.8, 4) is 6.07 Å². The number of carbonyl (C=O) groups is 1. The van der Waals surface area contributed by atoms with Gasteiger partial charge in [-0.3, -0.25) is 0 Å². The Kier molecular flexibility index (Phi) is 5.91. The molecule has 1 aromatic carbocycles. The molecule has 5 heteroatoms. The summed E-state index contributed by atoms with van der Waals surface area (Å²) in [5.41, 5.74) is 6.87. The fraction of sp³-hybridized carbons (Fsp3) is 0.200. The Hall–Kier alpha value is -1.73. The zero-order valence-electron chi connectivity index (χ0n) is 8.45. The number of halogens is 1. The van der Waals surface area contributed by atoms with E-state index >= 15 is 0 Å². The Morgan fingerprint density at radius 3 is 2.47 bits per heavy atom. The van der Waals surface area contributed by atoms with Gasteiger partial charge < -0.3 is 10.5 Å². The van der Waals surface area contributed by atoms with Gasteiger partial charge in [0.25, 0.3) is 0 Å². The van der Waals surface area contributed by atoms with Crippen LogP contribution in [0.15, 0.2) is 18.2 Å². The average molecular weight is 227 g/mol. The Bertz CT molecular complexity index is 385. The minimum atomic E-state index is -0.773. The predicted octanol–water partition coefficient (Wildman–Crippen LogP) is 2.44. The van der Waals surface area contributed by atoms with E-state index in [-0.39, 0.29) is 0 Å². The first-order valence-corrected chi connectivity index (χ1v) is 4.38. The first-order valence-electron chi connectivity index (χ1n) is 4.01. The van der Waals surface area contributed by atoms with Crippen LogP contribution in [0.4, 0.5) is 10.5 Å². The molecule has 0 unspecified atom stereocenters. The fourth-order valence-corrected chi connectivity index (χ4v) is 0.767. The van der Waals surface area contributed by atoms with Crippen molar-refractivity contribution in [1.82, 2.24) is 0 Å². The summed E-state index contributed by atoms with van der Waals surface area (Å²) >= 11 is 4.60. The topological polar surface area (TPSA) is 76.1 Å². The number of anilines is 1. The van der Waals surface area contributed by atoms with E-state index < -0.39 is 5.43 Å². The molecule has 1 aromatic rings. The lowest BCUT2D eigenvalue weighted by Crippen LogP contribution is -1.89. The van der Waals surface area contributed by atoms with Gasteiger partial charge in [-0.1, -0.05) is 6.07 Å². The highest BCUT2D eigenvalue weighted by molar-refractivity contribution is 6.61. The molecule has 0 aromatic heterocycles. The molecule has 80 valence electrons. The molecule has 0 aliphatic rings. The molecule has 0 amide bonds. The lowest BCUT2D eigenvalue weighted by molar-refractivity contribution is 0.198. The third-order valence-electron chi connectivity index (χ3n) is 1.49. The van der Waals surface area contributed by atoms with E-state index in [1.54, 1.807) is 12.1 Å². The number of nitrogens with two attached hydrogens (primary N) is 1. The number of carbonyl (C=O) groups excluding carboxylic acids is 1. The summed E-state index contributed by atoms with van der Waals surface area (Å²) in [6.07, 6.45) is 0. The quantitative estimate of drug-likeness (QED) is 0.545. The number of nitriles is 1. The second-order valence-corrected chi connectivity index (χ2v) is 2.95. The summed E-state index contributed by atoms with van der Waals surface area (Å²) in [6, 6.07) is 7.41. The van der Waals surface area contributed by atoms with Crippen LogP contribution in [0.3, 0.4) is 0 Å². The molecule has 1 rings (SSSR count). The second-order valence-electron chi connectivity index (χ2n) is 2.64. The monoisotopic (exact) mass is 226 g/mol. The van der Waals surface area contributed by atoms with E-state index in [0.717, 1.165) is 5.56 Å². The highest BCUT2D eigenvalue weighted by Crippen LogP contribution is 2.11. The maximum atomic E-state index is 9.36. The molecular formula is C10H11ClN2O2. The second kappa shape index (κ2) is 6.68. The smallest absolute Gasteiger partial charge is 0.403 e. The lowest BCUT2D eigenvalue weighted by Gasteiger charge is -1.96. The van der Waals surface area contributed by atoms with Crippen molar-refractivity contribution in [3.05, 3.63) is 29.3 Å². The van der Waals surface area contributed by atoms with Crippen molar-refractivity contribution in [2.45, 2.75) is 6.92 Å². The van der Waals surface area contributed by atoms with E-state index in [1.807, 2.05) is 19.1 Å². The van der Waals surface area contributed by atoms with Crippen LogP contribution in [0.5, 0.6) is 0 Å². The molecule has 0 fully saturated rings. The summed E-state index contributed by atoms with van der Waals surface area (Å²) < 4.78 is 3.88. The zero-order chi connectivity index (χ0) is 11.8. The molecular weight excluding hydrogens is 216 g/mol. The third-order valence-corrected chi connectivity index (χ3v) is 1.64. The van der Waals surface area contributed by atoms with Crippen LogP contribution >= 0.6 is 11.6 Å². The molecule has 0 saturated carbocycles. The predicted molar refractivity (Wildman–Crippen MR) is 58.6 cm³/mol. The number of nitrogen functional groups attached to an aromatic ring is 1. The maximum absolute atomic E-state index is 9.36. The average Bonchev–Trinajstić information content (AvgIpc) is 2.22. The fourth-order valence-electron chi connectivity index (χ4n) is 0.767.